The highest BCUT2D eigenvalue weighted by atomic mass is 32.2. The zero-order chi connectivity index (χ0) is 15.1. The van der Waals surface area contributed by atoms with E-state index in [0.29, 0.717) is 12.2 Å². The van der Waals surface area contributed by atoms with Crippen molar-refractivity contribution >= 4 is 28.4 Å². The van der Waals surface area contributed by atoms with E-state index in [1.165, 1.54) is 4.90 Å². The lowest BCUT2D eigenvalue weighted by Gasteiger charge is -2.07. The van der Waals surface area contributed by atoms with Crippen molar-refractivity contribution in [1.82, 2.24) is 5.43 Å². The van der Waals surface area contributed by atoms with Crippen molar-refractivity contribution in [3.05, 3.63) is 36.4 Å². The van der Waals surface area contributed by atoms with Crippen molar-refractivity contribution < 1.29 is 9.90 Å². The van der Waals surface area contributed by atoms with Gasteiger partial charge in [0, 0.05) is 16.7 Å². The van der Waals surface area contributed by atoms with Crippen LogP contribution in [0.3, 0.4) is 0 Å². The van der Waals surface area contributed by atoms with E-state index < -0.39 is 0 Å². The average molecular weight is 304 g/mol. The second-order valence-electron chi connectivity index (χ2n) is 4.86. The van der Waals surface area contributed by atoms with Gasteiger partial charge in [0.15, 0.2) is 0 Å². The fourth-order valence-corrected chi connectivity index (χ4v) is 3.27. The van der Waals surface area contributed by atoms with E-state index in [1.54, 1.807) is 17.8 Å². The van der Waals surface area contributed by atoms with Gasteiger partial charge in [-0.15, -0.1) is 11.8 Å². The maximum absolute atomic E-state index is 11.0. The van der Waals surface area contributed by atoms with Gasteiger partial charge in [-0.25, -0.2) is 5.84 Å². The third-order valence-corrected chi connectivity index (χ3v) is 4.49. The SMILES string of the molecule is NNC(=O)CCCCCSc1ccc(O)c2ccccc12. The molecule has 0 bridgehead atoms. The number of aromatic hydroxyl groups is 1. The Bertz CT molecular complexity index is 616. The number of hydrazine groups is 1. The van der Waals surface area contributed by atoms with Crippen LogP contribution in [0.2, 0.25) is 0 Å². The van der Waals surface area contributed by atoms with Crippen LogP contribution in [0.1, 0.15) is 25.7 Å². The van der Waals surface area contributed by atoms with Crippen molar-refractivity contribution in [3.8, 4) is 5.75 Å². The Hall–Kier alpha value is -1.72. The minimum Gasteiger partial charge on any atom is -0.507 e. The number of nitrogens with two attached hydrogens (primary N) is 1. The summed E-state index contributed by atoms with van der Waals surface area (Å²) in [6.45, 7) is 0. The summed E-state index contributed by atoms with van der Waals surface area (Å²) in [5.74, 6) is 6.25. The van der Waals surface area contributed by atoms with Crippen LogP contribution < -0.4 is 11.3 Å². The number of carbonyl (C=O) groups excluding carboxylic acids is 1. The Morgan fingerprint density at radius 1 is 1.10 bits per heavy atom. The number of benzene rings is 2. The van der Waals surface area contributed by atoms with Gasteiger partial charge in [-0.3, -0.25) is 10.2 Å². The highest BCUT2D eigenvalue weighted by Gasteiger charge is 2.05. The molecular weight excluding hydrogens is 284 g/mol. The molecule has 0 atom stereocenters. The molecule has 0 saturated heterocycles. The number of carbonyl (C=O) groups is 1. The Morgan fingerprint density at radius 3 is 2.62 bits per heavy atom. The van der Waals surface area contributed by atoms with Crippen LogP contribution in [0.15, 0.2) is 41.3 Å². The minimum atomic E-state index is -0.104. The second kappa shape index (κ2) is 7.90. The number of rotatable bonds is 7. The van der Waals surface area contributed by atoms with Gasteiger partial charge in [-0.05, 0) is 36.1 Å². The molecule has 0 radical (unpaired) electrons. The molecule has 112 valence electrons. The zero-order valence-corrected chi connectivity index (χ0v) is 12.7. The summed E-state index contributed by atoms with van der Waals surface area (Å²) in [6.07, 6.45) is 3.41. The highest BCUT2D eigenvalue weighted by molar-refractivity contribution is 7.99. The van der Waals surface area contributed by atoms with Crippen molar-refractivity contribution in [2.45, 2.75) is 30.6 Å². The van der Waals surface area contributed by atoms with E-state index in [-0.39, 0.29) is 5.91 Å². The van der Waals surface area contributed by atoms with Gasteiger partial charge < -0.3 is 5.11 Å². The first-order chi connectivity index (χ1) is 10.2. The van der Waals surface area contributed by atoms with Crippen LogP contribution in [-0.4, -0.2) is 16.8 Å². The molecule has 0 aliphatic carbocycles. The molecule has 0 fully saturated rings. The molecule has 0 aromatic heterocycles. The Morgan fingerprint density at radius 2 is 1.86 bits per heavy atom. The van der Waals surface area contributed by atoms with E-state index in [1.807, 2.05) is 30.3 Å². The molecule has 0 aliphatic heterocycles. The molecule has 21 heavy (non-hydrogen) atoms. The molecule has 2 rings (SSSR count). The number of unbranched alkanes of at least 4 members (excludes halogenated alkanes) is 2. The number of amides is 1. The van der Waals surface area contributed by atoms with Crippen molar-refractivity contribution in [1.29, 1.82) is 0 Å². The summed E-state index contributed by atoms with van der Waals surface area (Å²) in [5.41, 5.74) is 2.14. The van der Waals surface area contributed by atoms with E-state index in [4.69, 9.17) is 5.84 Å². The topological polar surface area (TPSA) is 75.3 Å². The zero-order valence-electron chi connectivity index (χ0n) is 11.8. The van der Waals surface area contributed by atoms with Crippen LogP contribution in [0, 0.1) is 0 Å². The second-order valence-corrected chi connectivity index (χ2v) is 5.99. The quantitative estimate of drug-likeness (QED) is 0.241. The number of thioether (sulfide) groups is 1. The Balaban J connectivity index is 1.84. The lowest BCUT2D eigenvalue weighted by atomic mass is 10.1. The van der Waals surface area contributed by atoms with Gasteiger partial charge in [0.05, 0.1) is 0 Å². The molecule has 4 N–H and O–H groups in total. The summed E-state index contributed by atoms with van der Waals surface area (Å²) < 4.78 is 0. The van der Waals surface area contributed by atoms with Gasteiger partial charge in [-0.2, -0.15) is 0 Å². The number of hydrogen-bond acceptors (Lipinski definition) is 4. The van der Waals surface area contributed by atoms with Gasteiger partial charge in [0.25, 0.3) is 0 Å². The van der Waals surface area contributed by atoms with Crippen LogP contribution in [0.5, 0.6) is 5.75 Å². The first-order valence-corrected chi connectivity index (χ1v) is 8.04. The fraction of sp³-hybridized carbons (Fsp3) is 0.312. The third kappa shape index (κ3) is 4.37. The smallest absolute Gasteiger partial charge is 0.233 e. The molecule has 1 amide bonds. The van der Waals surface area contributed by atoms with Gasteiger partial charge in [-0.1, -0.05) is 30.7 Å². The maximum Gasteiger partial charge on any atom is 0.233 e. The largest absolute Gasteiger partial charge is 0.507 e. The lowest BCUT2D eigenvalue weighted by molar-refractivity contribution is -0.121. The Kier molecular flexibility index (Phi) is 5.90. The molecule has 0 spiro atoms. The third-order valence-electron chi connectivity index (χ3n) is 3.33. The number of phenolic OH excluding ortho intramolecular Hbond substituents is 1. The lowest BCUT2D eigenvalue weighted by Crippen LogP contribution is -2.29. The molecule has 0 saturated carbocycles. The number of fused-ring (bicyclic) bond motifs is 1. The first-order valence-electron chi connectivity index (χ1n) is 7.05. The maximum atomic E-state index is 11.0. The van der Waals surface area contributed by atoms with Gasteiger partial charge in [0.2, 0.25) is 5.91 Å². The minimum absolute atomic E-state index is 0.104. The molecule has 4 nitrogen and oxygen atoms in total. The van der Waals surface area contributed by atoms with Gasteiger partial charge in [0.1, 0.15) is 5.75 Å². The first kappa shape index (κ1) is 15.7. The summed E-state index contributed by atoms with van der Waals surface area (Å²) >= 11 is 1.79. The monoisotopic (exact) mass is 304 g/mol. The van der Waals surface area contributed by atoms with E-state index in [9.17, 15) is 9.90 Å². The molecule has 0 aliphatic rings. The van der Waals surface area contributed by atoms with Crippen LogP contribution in [0.4, 0.5) is 0 Å². The van der Waals surface area contributed by atoms with E-state index >= 15 is 0 Å². The van der Waals surface area contributed by atoms with E-state index in [2.05, 4.69) is 5.43 Å². The average Bonchev–Trinajstić information content (AvgIpc) is 2.52. The van der Waals surface area contributed by atoms with Crippen LogP contribution in [-0.2, 0) is 4.79 Å². The normalized spacial score (nSPS) is 10.7. The molecular formula is C16H20N2O2S. The standard InChI is InChI=1S/C16H20N2O2S/c17-18-16(20)8-2-1-5-11-21-15-10-9-14(19)12-6-3-4-7-13(12)15/h3-4,6-7,9-10,19H,1-2,5,8,11,17H2,(H,18,20). The van der Waals surface area contributed by atoms with Crippen LogP contribution >= 0.6 is 11.8 Å². The molecule has 2 aromatic rings. The summed E-state index contributed by atoms with van der Waals surface area (Å²) in [7, 11) is 0. The predicted molar refractivity (Wildman–Crippen MR) is 87.1 cm³/mol. The number of nitrogens with one attached hydrogen (secondary N) is 1. The fourth-order valence-electron chi connectivity index (χ4n) is 2.20. The van der Waals surface area contributed by atoms with Gasteiger partial charge >= 0.3 is 0 Å². The summed E-state index contributed by atoms with van der Waals surface area (Å²) in [4.78, 5) is 12.2. The van der Waals surface area contributed by atoms with Crippen molar-refractivity contribution in [3.63, 3.8) is 0 Å². The molecule has 0 heterocycles. The van der Waals surface area contributed by atoms with Crippen molar-refractivity contribution in [2.75, 3.05) is 5.75 Å². The van der Waals surface area contributed by atoms with Crippen LogP contribution in [0.25, 0.3) is 10.8 Å². The van der Waals surface area contributed by atoms with Crippen molar-refractivity contribution in [2.24, 2.45) is 5.84 Å². The molecule has 5 heteroatoms. The Labute approximate surface area is 128 Å². The number of phenols is 1. The summed E-state index contributed by atoms with van der Waals surface area (Å²) in [6, 6.07) is 11.6. The molecule has 2 aromatic carbocycles. The predicted octanol–water partition coefficient (Wildman–Crippen LogP) is 3.19. The van der Waals surface area contributed by atoms with E-state index in [0.717, 1.165) is 35.8 Å². The highest BCUT2D eigenvalue weighted by Crippen LogP contribution is 2.33. The summed E-state index contributed by atoms with van der Waals surface area (Å²) in [5, 5.41) is 11.8. The number of hydrogen-bond donors (Lipinski definition) is 3. The molecule has 0 unspecified atom stereocenters.